The molecule has 0 bridgehead atoms. The summed E-state index contributed by atoms with van der Waals surface area (Å²) < 4.78 is 4.50. The van der Waals surface area contributed by atoms with Crippen molar-refractivity contribution in [3.05, 3.63) is 35.4 Å². The van der Waals surface area contributed by atoms with Gasteiger partial charge < -0.3 is 10.5 Å². The molecule has 0 saturated heterocycles. The molecule has 0 spiro atoms. The van der Waals surface area contributed by atoms with Crippen molar-refractivity contribution in [2.24, 2.45) is 0 Å². The molecule has 1 aromatic rings. The zero-order chi connectivity index (χ0) is 11.3. The highest BCUT2D eigenvalue weighted by molar-refractivity contribution is 5.87. The molecule has 3 heteroatoms. The molecule has 15 heavy (non-hydrogen) atoms. The summed E-state index contributed by atoms with van der Waals surface area (Å²) in [6.45, 7) is 2.04. The maximum absolute atomic E-state index is 10.9. The normalized spacial score (nSPS) is 10.5. The summed E-state index contributed by atoms with van der Waals surface area (Å²) in [6.07, 6.45) is 3.99. The molecule has 0 aromatic heterocycles. The van der Waals surface area contributed by atoms with Crippen molar-refractivity contribution in [3.63, 3.8) is 0 Å². The summed E-state index contributed by atoms with van der Waals surface area (Å²) in [5, 5.41) is 0. The number of hydrogen-bond donors (Lipinski definition) is 1. The highest BCUT2D eigenvalue weighted by Crippen LogP contribution is 2.15. The maximum atomic E-state index is 10.9. The molecule has 0 amide bonds. The molecular formula is C12H15NO2. The molecule has 0 saturated carbocycles. The number of carbonyl (C=O) groups excluding carboxylic acids is 1. The minimum Gasteiger partial charge on any atom is -0.466 e. The van der Waals surface area contributed by atoms with E-state index in [-0.39, 0.29) is 5.97 Å². The summed E-state index contributed by atoms with van der Waals surface area (Å²) in [4.78, 5) is 10.9. The Labute approximate surface area is 89.5 Å². The summed E-state index contributed by atoms with van der Waals surface area (Å²) in [5.41, 5.74) is 8.59. The summed E-state index contributed by atoms with van der Waals surface area (Å²) in [6, 6.07) is 5.68. The fourth-order valence-electron chi connectivity index (χ4n) is 1.27. The topological polar surface area (TPSA) is 52.3 Å². The van der Waals surface area contributed by atoms with Crippen LogP contribution in [0.5, 0.6) is 0 Å². The van der Waals surface area contributed by atoms with Crippen LogP contribution in [0.1, 0.15) is 18.1 Å². The lowest BCUT2D eigenvalue weighted by Gasteiger charge is -2.03. The molecule has 0 aliphatic rings. The van der Waals surface area contributed by atoms with Crippen LogP contribution in [0.4, 0.5) is 5.69 Å². The predicted molar refractivity (Wildman–Crippen MR) is 61.3 cm³/mol. The van der Waals surface area contributed by atoms with Crippen LogP contribution in [0.3, 0.4) is 0 Å². The van der Waals surface area contributed by atoms with E-state index < -0.39 is 0 Å². The van der Waals surface area contributed by atoms with Gasteiger partial charge in [-0.05, 0) is 35.8 Å². The van der Waals surface area contributed by atoms with E-state index in [9.17, 15) is 4.79 Å². The van der Waals surface area contributed by atoms with Crippen LogP contribution in [0.15, 0.2) is 24.3 Å². The highest BCUT2D eigenvalue weighted by Gasteiger charge is 1.97. The van der Waals surface area contributed by atoms with E-state index in [2.05, 4.69) is 4.74 Å². The molecule has 0 aliphatic carbocycles. The predicted octanol–water partition coefficient (Wildman–Crippen LogP) is 2.02. The molecular weight excluding hydrogens is 190 g/mol. The van der Waals surface area contributed by atoms with Crippen molar-refractivity contribution in [2.45, 2.75) is 13.3 Å². The Kier molecular flexibility index (Phi) is 3.92. The Morgan fingerprint density at radius 2 is 2.27 bits per heavy atom. The molecule has 0 atom stereocenters. The average Bonchev–Trinajstić information content (AvgIpc) is 2.27. The van der Waals surface area contributed by atoms with Crippen LogP contribution in [0, 0.1) is 0 Å². The Hall–Kier alpha value is -1.77. The lowest BCUT2D eigenvalue weighted by molar-refractivity contribution is -0.134. The van der Waals surface area contributed by atoms with Gasteiger partial charge in [0.1, 0.15) is 0 Å². The van der Waals surface area contributed by atoms with Gasteiger partial charge in [0.25, 0.3) is 0 Å². The van der Waals surface area contributed by atoms with Crippen molar-refractivity contribution >= 4 is 17.7 Å². The first-order valence-electron chi connectivity index (χ1n) is 4.81. The second-order valence-electron chi connectivity index (χ2n) is 3.17. The Balaban J connectivity index is 2.87. The molecule has 0 unspecified atom stereocenters. The van der Waals surface area contributed by atoms with Crippen LogP contribution in [-0.2, 0) is 16.0 Å². The summed E-state index contributed by atoms with van der Waals surface area (Å²) in [7, 11) is 1.35. The standard InChI is InChI=1S/C12H15NO2/c1-3-10-8-9(4-6-11(10)13)5-7-12(14)15-2/h4-8H,3,13H2,1-2H3. The van der Waals surface area contributed by atoms with Crippen molar-refractivity contribution in [1.29, 1.82) is 0 Å². The van der Waals surface area contributed by atoms with Gasteiger partial charge in [-0.15, -0.1) is 0 Å². The molecule has 1 aromatic carbocycles. The van der Waals surface area contributed by atoms with Gasteiger partial charge in [-0.3, -0.25) is 0 Å². The fraction of sp³-hybridized carbons (Fsp3) is 0.250. The number of aryl methyl sites for hydroxylation is 1. The van der Waals surface area contributed by atoms with Crippen molar-refractivity contribution < 1.29 is 9.53 Å². The lowest BCUT2D eigenvalue weighted by Crippen LogP contribution is -1.95. The summed E-state index contributed by atoms with van der Waals surface area (Å²) in [5.74, 6) is -0.357. The first kappa shape index (κ1) is 11.3. The molecule has 0 heterocycles. The molecule has 2 N–H and O–H groups in total. The number of benzene rings is 1. The fourth-order valence-corrected chi connectivity index (χ4v) is 1.27. The molecule has 0 fully saturated rings. The van der Waals surface area contributed by atoms with E-state index in [0.717, 1.165) is 23.2 Å². The third-order valence-electron chi connectivity index (χ3n) is 2.16. The van der Waals surface area contributed by atoms with E-state index in [1.165, 1.54) is 13.2 Å². The Bertz CT molecular complexity index is 383. The number of esters is 1. The van der Waals surface area contributed by atoms with Gasteiger partial charge in [-0.1, -0.05) is 13.0 Å². The molecule has 3 nitrogen and oxygen atoms in total. The number of ether oxygens (including phenoxy) is 1. The number of nitrogen functional groups attached to an aromatic ring is 1. The number of methoxy groups -OCH3 is 1. The van der Waals surface area contributed by atoms with Crippen LogP contribution < -0.4 is 5.73 Å². The van der Waals surface area contributed by atoms with Crippen molar-refractivity contribution in [2.75, 3.05) is 12.8 Å². The monoisotopic (exact) mass is 205 g/mol. The Morgan fingerprint density at radius 3 is 2.87 bits per heavy atom. The first-order valence-corrected chi connectivity index (χ1v) is 4.81. The zero-order valence-electron chi connectivity index (χ0n) is 8.99. The Morgan fingerprint density at radius 1 is 1.53 bits per heavy atom. The van der Waals surface area contributed by atoms with Gasteiger partial charge in [0.2, 0.25) is 0 Å². The van der Waals surface area contributed by atoms with Gasteiger partial charge in [0, 0.05) is 11.8 Å². The minimum atomic E-state index is -0.357. The van der Waals surface area contributed by atoms with E-state index in [4.69, 9.17) is 5.73 Å². The van der Waals surface area contributed by atoms with E-state index in [0.29, 0.717) is 0 Å². The quantitative estimate of drug-likeness (QED) is 0.466. The number of rotatable bonds is 3. The van der Waals surface area contributed by atoms with Gasteiger partial charge in [0.15, 0.2) is 0 Å². The second kappa shape index (κ2) is 5.20. The van der Waals surface area contributed by atoms with Crippen molar-refractivity contribution in [3.8, 4) is 0 Å². The smallest absolute Gasteiger partial charge is 0.330 e. The minimum absolute atomic E-state index is 0.357. The second-order valence-corrected chi connectivity index (χ2v) is 3.17. The SMILES string of the molecule is CCc1cc(C=CC(=O)OC)ccc1N. The van der Waals surface area contributed by atoms with Gasteiger partial charge in [-0.2, -0.15) is 0 Å². The highest BCUT2D eigenvalue weighted by atomic mass is 16.5. The largest absolute Gasteiger partial charge is 0.466 e. The number of nitrogens with two attached hydrogens (primary N) is 1. The zero-order valence-corrected chi connectivity index (χ0v) is 8.99. The van der Waals surface area contributed by atoms with E-state index in [1.807, 2.05) is 25.1 Å². The third kappa shape index (κ3) is 3.13. The molecule has 1 rings (SSSR count). The van der Waals surface area contributed by atoms with Crippen molar-refractivity contribution in [1.82, 2.24) is 0 Å². The number of hydrogen-bond acceptors (Lipinski definition) is 3. The van der Waals surface area contributed by atoms with Crippen LogP contribution in [-0.4, -0.2) is 13.1 Å². The lowest BCUT2D eigenvalue weighted by atomic mass is 10.1. The van der Waals surface area contributed by atoms with Gasteiger partial charge >= 0.3 is 5.97 Å². The first-order chi connectivity index (χ1) is 7.17. The van der Waals surface area contributed by atoms with Crippen LogP contribution in [0.25, 0.3) is 6.08 Å². The number of anilines is 1. The molecule has 0 aliphatic heterocycles. The van der Waals surface area contributed by atoms with Gasteiger partial charge in [-0.25, -0.2) is 4.79 Å². The van der Waals surface area contributed by atoms with Crippen LogP contribution >= 0.6 is 0 Å². The maximum Gasteiger partial charge on any atom is 0.330 e. The van der Waals surface area contributed by atoms with Crippen LogP contribution in [0.2, 0.25) is 0 Å². The van der Waals surface area contributed by atoms with E-state index in [1.54, 1.807) is 6.08 Å². The average molecular weight is 205 g/mol. The summed E-state index contributed by atoms with van der Waals surface area (Å²) >= 11 is 0. The molecule has 0 radical (unpaired) electrons. The molecule has 80 valence electrons. The van der Waals surface area contributed by atoms with Gasteiger partial charge in [0.05, 0.1) is 7.11 Å². The third-order valence-corrected chi connectivity index (χ3v) is 2.16. The van der Waals surface area contributed by atoms with E-state index >= 15 is 0 Å². The number of carbonyl (C=O) groups is 1.